The number of anilines is 2. The molecule has 0 aromatic heterocycles. The minimum atomic E-state index is -3.85. The van der Waals surface area contributed by atoms with Crippen LogP contribution in [0, 0.1) is 0 Å². The zero-order valence-electron chi connectivity index (χ0n) is 15.6. The maximum Gasteiger partial charge on any atom is 0.411 e. The molecule has 146 valence electrons. The summed E-state index contributed by atoms with van der Waals surface area (Å²) in [4.78, 5) is 11.8. The van der Waals surface area contributed by atoms with Crippen LogP contribution in [0.5, 0.6) is 5.75 Å². The highest BCUT2D eigenvalue weighted by atomic mass is 32.2. The van der Waals surface area contributed by atoms with E-state index in [0.717, 1.165) is 5.56 Å². The third-order valence-corrected chi connectivity index (χ3v) is 5.08. The van der Waals surface area contributed by atoms with Crippen LogP contribution in [0.2, 0.25) is 0 Å². The normalized spacial score (nSPS) is 10.9. The van der Waals surface area contributed by atoms with Gasteiger partial charge in [-0.2, -0.15) is 0 Å². The Morgan fingerprint density at radius 3 is 2.41 bits per heavy atom. The summed E-state index contributed by atoms with van der Waals surface area (Å²) in [5.74, 6) is 0.360. The van der Waals surface area contributed by atoms with Crippen molar-refractivity contribution in [3.63, 3.8) is 0 Å². The van der Waals surface area contributed by atoms with E-state index in [-0.39, 0.29) is 17.2 Å². The minimum Gasteiger partial charge on any atom is -0.492 e. The summed E-state index contributed by atoms with van der Waals surface area (Å²) >= 11 is 0. The van der Waals surface area contributed by atoms with E-state index in [2.05, 4.69) is 10.0 Å². The first kappa shape index (κ1) is 20.6. The summed E-state index contributed by atoms with van der Waals surface area (Å²) in [6, 6.07) is 11.5. The first-order chi connectivity index (χ1) is 12.9. The van der Waals surface area contributed by atoms with Gasteiger partial charge in [-0.25, -0.2) is 13.2 Å². The van der Waals surface area contributed by atoms with Crippen LogP contribution in [-0.4, -0.2) is 27.7 Å². The van der Waals surface area contributed by atoms with Gasteiger partial charge < -0.3 is 9.47 Å². The van der Waals surface area contributed by atoms with Gasteiger partial charge in [-0.05, 0) is 50.1 Å². The van der Waals surface area contributed by atoms with Gasteiger partial charge in [0.2, 0.25) is 0 Å². The molecule has 0 aliphatic carbocycles. The van der Waals surface area contributed by atoms with Crippen LogP contribution < -0.4 is 14.8 Å². The molecule has 1 amide bonds. The van der Waals surface area contributed by atoms with Gasteiger partial charge in [-0.3, -0.25) is 10.0 Å². The largest absolute Gasteiger partial charge is 0.492 e. The van der Waals surface area contributed by atoms with Gasteiger partial charge in [-0.1, -0.05) is 25.1 Å². The molecule has 0 fully saturated rings. The molecule has 8 heteroatoms. The molecular weight excluding hydrogens is 368 g/mol. The highest BCUT2D eigenvalue weighted by molar-refractivity contribution is 7.92. The number of benzene rings is 2. The summed E-state index contributed by atoms with van der Waals surface area (Å²) in [6.07, 6.45) is 0.00903. The van der Waals surface area contributed by atoms with Gasteiger partial charge in [0.05, 0.1) is 29.5 Å². The molecule has 0 atom stereocenters. The van der Waals surface area contributed by atoms with Crippen molar-refractivity contribution in [2.45, 2.75) is 32.1 Å². The van der Waals surface area contributed by atoms with E-state index in [0.29, 0.717) is 24.5 Å². The second kappa shape index (κ2) is 9.27. The lowest BCUT2D eigenvalue weighted by Crippen LogP contribution is -2.17. The van der Waals surface area contributed by atoms with Gasteiger partial charge in [0.15, 0.2) is 0 Å². The lowest BCUT2D eigenvalue weighted by atomic mass is 10.1. The van der Waals surface area contributed by atoms with Crippen molar-refractivity contribution in [3.05, 3.63) is 48.0 Å². The number of para-hydroxylation sites is 1. The van der Waals surface area contributed by atoms with E-state index in [9.17, 15) is 13.2 Å². The topological polar surface area (TPSA) is 93.7 Å². The Morgan fingerprint density at radius 2 is 1.74 bits per heavy atom. The first-order valence-electron chi connectivity index (χ1n) is 8.72. The van der Waals surface area contributed by atoms with E-state index < -0.39 is 16.1 Å². The van der Waals surface area contributed by atoms with E-state index in [1.807, 2.05) is 19.1 Å². The lowest BCUT2D eigenvalue weighted by Gasteiger charge is -2.15. The number of nitrogens with one attached hydrogen (secondary N) is 2. The summed E-state index contributed by atoms with van der Waals surface area (Å²) in [5, 5.41) is 2.52. The maximum atomic E-state index is 12.8. The number of ether oxygens (including phenoxy) is 2. The predicted octanol–water partition coefficient (Wildman–Crippen LogP) is 4.02. The summed E-state index contributed by atoms with van der Waals surface area (Å²) in [5.41, 5.74) is 1.63. The first-order valence-corrected chi connectivity index (χ1v) is 10.2. The Morgan fingerprint density at radius 1 is 1.00 bits per heavy atom. The Hall–Kier alpha value is -2.74. The third-order valence-electron chi connectivity index (χ3n) is 3.72. The standard InChI is InChI=1S/C19H24N2O5S/c1-4-14-9-7-8-10-16(14)21-27(23,24)15-11-12-18(25-5-2)17(13-15)20-19(22)26-6-3/h7-13,21H,4-6H2,1-3H3,(H,20,22). The molecule has 0 radical (unpaired) electrons. The number of carbonyl (C=O) groups is 1. The van der Waals surface area contributed by atoms with E-state index in [4.69, 9.17) is 9.47 Å². The molecule has 0 heterocycles. The van der Waals surface area contributed by atoms with Crippen molar-refractivity contribution in [2.24, 2.45) is 0 Å². The van der Waals surface area contributed by atoms with Crippen molar-refractivity contribution in [1.82, 2.24) is 0 Å². The SMILES string of the molecule is CCOC(=O)Nc1cc(S(=O)(=O)Nc2ccccc2CC)ccc1OCC. The van der Waals surface area contributed by atoms with Gasteiger partial charge in [0.25, 0.3) is 10.0 Å². The van der Waals surface area contributed by atoms with Gasteiger partial charge in [-0.15, -0.1) is 0 Å². The van der Waals surface area contributed by atoms with Crippen LogP contribution in [0.4, 0.5) is 16.2 Å². The average Bonchev–Trinajstić information content (AvgIpc) is 2.63. The number of hydrogen-bond donors (Lipinski definition) is 2. The summed E-state index contributed by atoms with van der Waals surface area (Å²) < 4.78 is 38.5. The molecule has 2 N–H and O–H groups in total. The van der Waals surface area contributed by atoms with Gasteiger partial charge in [0, 0.05) is 0 Å². The molecule has 0 unspecified atom stereocenters. The van der Waals surface area contributed by atoms with Crippen molar-refractivity contribution in [1.29, 1.82) is 0 Å². The van der Waals surface area contributed by atoms with E-state index >= 15 is 0 Å². The number of carbonyl (C=O) groups excluding carboxylic acids is 1. The zero-order valence-corrected chi connectivity index (χ0v) is 16.4. The summed E-state index contributed by atoms with van der Waals surface area (Å²) in [7, 11) is -3.85. The van der Waals surface area contributed by atoms with Crippen LogP contribution in [0.3, 0.4) is 0 Å². The average molecular weight is 392 g/mol. The van der Waals surface area contributed by atoms with Crippen LogP contribution in [0.25, 0.3) is 0 Å². The molecule has 0 saturated heterocycles. The smallest absolute Gasteiger partial charge is 0.411 e. The van der Waals surface area contributed by atoms with Crippen LogP contribution in [0.1, 0.15) is 26.3 Å². The maximum absolute atomic E-state index is 12.8. The molecule has 7 nitrogen and oxygen atoms in total. The fourth-order valence-electron chi connectivity index (χ4n) is 2.46. The molecule has 0 spiro atoms. The second-order valence-corrected chi connectivity index (χ2v) is 7.24. The number of amides is 1. The quantitative estimate of drug-likeness (QED) is 0.708. The highest BCUT2D eigenvalue weighted by Crippen LogP contribution is 2.29. The Labute approximate surface area is 159 Å². The summed E-state index contributed by atoms with van der Waals surface area (Å²) in [6.45, 7) is 5.99. The van der Waals surface area contributed by atoms with Crippen LogP contribution in [-0.2, 0) is 21.2 Å². The van der Waals surface area contributed by atoms with Crippen LogP contribution >= 0.6 is 0 Å². The fourth-order valence-corrected chi connectivity index (χ4v) is 3.59. The Balaban J connectivity index is 2.36. The molecular formula is C19H24N2O5S. The second-order valence-electron chi connectivity index (χ2n) is 5.55. The van der Waals surface area contributed by atoms with Crippen LogP contribution in [0.15, 0.2) is 47.4 Å². The van der Waals surface area contributed by atoms with Gasteiger partial charge >= 0.3 is 6.09 Å². The predicted molar refractivity (Wildman–Crippen MR) is 105 cm³/mol. The fraction of sp³-hybridized carbons (Fsp3) is 0.316. The van der Waals surface area contributed by atoms with Crippen molar-refractivity contribution >= 4 is 27.5 Å². The van der Waals surface area contributed by atoms with Crippen molar-refractivity contribution in [3.8, 4) is 5.75 Å². The zero-order chi connectivity index (χ0) is 19.9. The third kappa shape index (κ3) is 5.37. The van der Waals surface area contributed by atoms with E-state index in [1.54, 1.807) is 26.0 Å². The Kier molecular flexibility index (Phi) is 7.06. The monoisotopic (exact) mass is 392 g/mol. The molecule has 0 aliphatic rings. The molecule has 0 saturated carbocycles. The van der Waals surface area contributed by atoms with Crippen molar-refractivity contribution < 1.29 is 22.7 Å². The number of rotatable bonds is 8. The highest BCUT2D eigenvalue weighted by Gasteiger charge is 2.19. The number of aryl methyl sites for hydroxylation is 1. The van der Waals surface area contributed by atoms with Crippen molar-refractivity contribution in [2.75, 3.05) is 23.3 Å². The van der Waals surface area contributed by atoms with Gasteiger partial charge in [0.1, 0.15) is 5.75 Å². The number of hydrogen-bond acceptors (Lipinski definition) is 5. The molecule has 0 aliphatic heterocycles. The molecule has 0 bridgehead atoms. The molecule has 2 aromatic carbocycles. The molecule has 2 rings (SSSR count). The minimum absolute atomic E-state index is 0.00339. The number of sulfonamides is 1. The Bertz CT molecular complexity index is 897. The van der Waals surface area contributed by atoms with E-state index in [1.165, 1.54) is 18.2 Å². The molecule has 2 aromatic rings. The molecule has 27 heavy (non-hydrogen) atoms. The lowest BCUT2D eigenvalue weighted by molar-refractivity contribution is 0.167.